The Morgan fingerprint density at radius 3 is 2.11 bits per heavy atom. The number of carbonyl (C=O) groups is 2. The van der Waals surface area contributed by atoms with Crippen LogP contribution in [0.4, 0.5) is 38.3 Å². The number of aliphatic carboxylic acids is 1. The quantitative estimate of drug-likeness (QED) is 0.314. The summed E-state index contributed by atoms with van der Waals surface area (Å²) in [6, 6.07) is 12.9. The Kier molecular flexibility index (Phi) is 8.85. The third-order valence-electron chi connectivity index (χ3n) is 5.70. The summed E-state index contributed by atoms with van der Waals surface area (Å²) in [5.74, 6) is -3.34. The smallest absolute Gasteiger partial charge is 0.475 e. The molecule has 4 rings (SSSR count). The molecule has 198 valence electrons. The Morgan fingerprint density at radius 1 is 0.946 bits per heavy atom. The van der Waals surface area contributed by atoms with Crippen molar-refractivity contribution in [3.63, 3.8) is 0 Å². The number of amides is 2. The molecule has 7 nitrogen and oxygen atoms in total. The fourth-order valence-electron chi connectivity index (χ4n) is 3.99. The molecule has 12 heteroatoms. The van der Waals surface area contributed by atoms with Crippen molar-refractivity contribution in [3.05, 3.63) is 65.7 Å². The molecule has 1 aliphatic rings. The van der Waals surface area contributed by atoms with Crippen molar-refractivity contribution in [2.24, 2.45) is 0 Å². The average molecular weight is 524 g/mol. The molecule has 1 aliphatic carbocycles. The number of nitrogens with one attached hydrogen (secondary N) is 3. The lowest BCUT2D eigenvalue weighted by Gasteiger charge is -2.30. The monoisotopic (exact) mass is 524 g/mol. The number of hydrogen-bond acceptors (Lipinski definition) is 4. The first-order valence-electron chi connectivity index (χ1n) is 11.4. The van der Waals surface area contributed by atoms with Gasteiger partial charge in [-0.15, -0.1) is 0 Å². The number of rotatable bonds is 4. The Hall–Kier alpha value is -3.96. The van der Waals surface area contributed by atoms with Crippen LogP contribution in [-0.4, -0.2) is 40.4 Å². The number of para-hydroxylation sites is 1. The van der Waals surface area contributed by atoms with Gasteiger partial charge in [0.25, 0.3) is 0 Å². The van der Waals surface area contributed by atoms with Gasteiger partial charge in [0, 0.05) is 29.2 Å². The van der Waals surface area contributed by atoms with Gasteiger partial charge in [-0.05, 0) is 62.4 Å². The molecule has 0 unspecified atom stereocenters. The number of fused-ring (bicyclic) bond motifs is 1. The topological polar surface area (TPSA) is 103 Å². The van der Waals surface area contributed by atoms with Gasteiger partial charge >= 0.3 is 18.2 Å². The Labute approximate surface area is 209 Å². The predicted molar refractivity (Wildman–Crippen MR) is 128 cm³/mol. The molecule has 0 saturated heterocycles. The van der Waals surface area contributed by atoms with Crippen molar-refractivity contribution in [1.29, 1.82) is 0 Å². The van der Waals surface area contributed by atoms with Crippen LogP contribution in [0.5, 0.6) is 0 Å². The van der Waals surface area contributed by atoms with Crippen LogP contribution >= 0.6 is 0 Å². The van der Waals surface area contributed by atoms with Crippen molar-refractivity contribution in [2.45, 2.75) is 50.9 Å². The lowest BCUT2D eigenvalue weighted by molar-refractivity contribution is -0.192. The van der Waals surface area contributed by atoms with E-state index in [-0.39, 0.29) is 17.8 Å². The van der Waals surface area contributed by atoms with E-state index in [4.69, 9.17) is 14.9 Å². The van der Waals surface area contributed by atoms with Crippen LogP contribution in [0.15, 0.2) is 48.5 Å². The van der Waals surface area contributed by atoms with E-state index in [1.54, 1.807) is 0 Å². The van der Waals surface area contributed by atoms with E-state index in [2.05, 4.69) is 35.0 Å². The summed E-state index contributed by atoms with van der Waals surface area (Å²) in [6.45, 7) is 2.08. The van der Waals surface area contributed by atoms with Crippen LogP contribution in [-0.2, 0) is 4.79 Å². The minimum Gasteiger partial charge on any atom is -0.475 e. The molecule has 37 heavy (non-hydrogen) atoms. The molecule has 0 radical (unpaired) electrons. The SMILES string of the molecule is Cc1cc(N[C@H]2CC[C@@H](NC(=O)Nc3cc(F)cc(F)c3)CC2)nc2ccccc12.O=C(O)C(F)(F)F. The molecule has 0 aliphatic heterocycles. The first-order valence-corrected chi connectivity index (χ1v) is 11.4. The summed E-state index contributed by atoms with van der Waals surface area (Å²) < 4.78 is 58.2. The highest BCUT2D eigenvalue weighted by Crippen LogP contribution is 2.25. The first kappa shape index (κ1) is 27.6. The normalized spacial score (nSPS) is 17.4. The predicted octanol–water partition coefficient (Wildman–Crippen LogP) is 6.00. The van der Waals surface area contributed by atoms with Gasteiger partial charge in [0.2, 0.25) is 0 Å². The van der Waals surface area contributed by atoms with Crippen LogP contribution in [0.2, 0.25) is 0 Å². The molecule has 0 spiro atoms. The fourth-order valence-corrected chi connectivity index (χ4v) is 3.99. The molecular formula is C25H25F5N4O3. The third-order valence-corrected chi connectivity index (χ3v) is 5.70. The number of hydrogen-bond donors (Lipinski definition) is 4. The van der Waals surface area contributed by atoms with Crippen LogP contribution in [0.1, 0.15) is 31.2 Å². The van der Waals surface area contributed by atoms with Gasteiger partial charge in [-0.25, -0.2) is 23.4 Å². The lowest BCUT2D eigenvalue weighted by Crippen LogP contribution is -2.42. The van der Waals surface area contributed by atoms with Crippen molar-refractivity contribution < 1.29 is 36.6 Å². The molecule has 3 aromatic rings. The highest BCUT2D eigenvalue weighted by atomic mass is 19.4. The fraction of sp³-hybridized carbons (Fsp3) is 0.320. The number of halogens is 5. The minimum atomic E-state index is -5.08. The summed E-state index contributed by atoms with van der Waals surface area (Å²) in [4.78, 5) is 25.7. The van der Waals surface area contributed by atoms with Crippen LogP contribution in [0.25, 0.3) is 10.9 Å². The zero-order chi connectivity index (χ0) is 27.2. The van der Waals surface area contributed by atoms with Crippen molar-refractivity contribution in [1.82, 2.24) is 10.3 Å². The van der Waals surface area contributed by atoms with Crippen LogP contribution in [0.3, 0.4) is 0 Å². The molecule has 2 amide bonds. The number of aromatic nitrogens is 1. The largest absolute Gasteiger partial charge is 0.490 e. The molecule has 0 atom stereocenters. The second-order valence-electron chi connectivity index (χ2n) is 8.59. The second kappa shape index (κ2) is 11.8. The minimum absolute atomic E-state index is 0.0211. The molecule has 1 saturated carbocycles. The standard InChI is InChI=1S/C23H24F2N4O.C2HF3O2/c1-14-10-22(29-21-5-3-2-4-20(14)21)26-17-6-8-18(9-7-17)27-23(30)28-19-12-15(24)11-16(25)13-19;3-2(4,5)1(6)7/h2-5,10-13,17-18H,6-9H2,1H3,(H,26,29)(H2,27,28,30);(H,6,7)/t17-,18+;. The van der Waals surface area contributed by atoms with E-state index in [9.17, 15) is 26.7 Å². The summed E-state index contributed by atoms with van der Waals surface area (Å²) >= 11 is 0. The van der Waals surface area contributed by atoms with E-state index < -0.39 is 29.8 Å². The van der Waals surface area contributed by atoms with Gasteiger partial charge < -0.3 is 21.1 Å². The number of urea groups is 1. The summed E-state index contributed by atoms with van der Waals surface area (Å²) in [5, 5.41) is 17.2. The van der Waals surface area contributed by atoms with Gasteiger partial charge in [0.15, 0.2) is 0 Å². The van der Waals surface area contributed by atoms with Gasteiger partial charge in [-0.2, -0.15) is 13.2 Å². The maximum atomic E-state index is 13.2. The number of anilines is 2. The lowest BCUT2D eigenvalue weighted by atomic mass is 9.91. The Balaban J connectivity index is 0.000000479. The molecule has 2 aromatic carbocycles. The van der Waals surface area contributed by atoms with Gasteiger partial charge in [0.05, 0.1) is 5.52 Å². The number of alkyl halides is 3. The molecule has 4 N–H and O–H groups in total. The molecular weight excluding hydrogens is 499 g/mol. The van der Waals surface area contributed by atoms with Gasteiger partial charge in [-0.1, -0.05) is 18.2 Å². The number of carbonyl (C=O) groups excluding carboxylic acids is 1. The zero-order valence-electron chi connectivity index (χ0n) is 19.7. The molecule has 1 fully saturated rings. The van der Waals surface area contributed by atoms with E-state index in [0.29, 0.717) is 0 Å². The second-order valence-corrected chi connectivity index (χ2v) is 8.59. The summed E-state index contributed by atoms with van der Waals surface area (Å²) in [7, 11) is 0. The Bertz CT molecular complexity index is 1240. The highest BCUT2D eigenvalue weighted by molar-refractivity contribution is 5.89. The molecule has 1 aromatic heterocycles. The van der Waals surface area contributed by atoms with Crippen molar-refractivity contribution in [3.8, 4) is 0 Å². The average Bonchev–Trinajstić information content (AvgIpc) is 2.79. The van der Waals surface area contributed by atoms with E-state index in [1.165, 1.54) is 5.56 Å². The Morgan fingerprint density at radius 2 is 1.51 bits per heavy atom. The third kappa shape index (κ3) is 8.29. The van der Waals surface area contributed by atoms with Crippen LogP contribution < -0.4 is 16.0 Å². The van der Waals surface area contributed by atoms with Gasteiger partial charge in [-0.3, -0.25) is 0 Å². The highest BCUT2D eigenvalue weighted by Gasteiger charge is 2.38. The summed E-state index contributed by atoms with van der Waals surface area (Å²) in [5.41, 5.74) is 2.25. The van der Waals surface area contributed by atoms with Crippen LogP contribution in [0, 0.1) is 18.6 Å². The van der Waals surface area contributed by atoms with Gasteiger partial charge in [0.1, 0.15) is 17.5 Å². The maximum Gasteiger partial charge on any atom is 0.490 e. The number of carboxylic acids is 1. The van der Waals surface area contributed by atoms with E-state index in [1.807, 2.05) is 18.2 Å². The number of nitrogens with zero attached hydrogens (tertiary/aromatic N) is 1. The molecule has 1 heterocycles. The first-order chi connectivity index (χ1) is 17.4. The molecule has 0 bridgehead atoms. The van der Waals surface area contributed by atoms with Crippen molar-refractivity contribution in [2.75, 3.05) is 10.6 Å². The zero-order valence-corrected chi connectivity index (χ0v) is 19.7. The summed E-state index contributed by atoms with van der Waals surface area (Å²) in [6.07, 6.45) is -1.66. The number of carboxylic acid groups (broad SMARTS) is 1. The number of pyridine rings is 1. The van der Waals surface area contributed by atoms with E-state index in [0.717, 1.165) is 60.6 Å². The number of benzene rings is 2. The maximum absolute atomic E-state index is 13.2. The number of aryl methyl sites for hydroxylation is 1. The van der Waals surface area contributed by atoms with Crippen molar-refractivity contribution >= 4 is 34.4 Å². The van der Waals surface area contributed by atoms with E-state index >= 15 is 0 Å².